The molecule has 2 saturated heterocycles. The number of halogens is 1. The van der Waals surface area contributed by atoms with E-state index in [0.29, 0.717) is 31.3 Å². The Balaban J connectivity index is 1.29. The van der Waals surface area contributed by atoms with Crippen molar-refractivity contribution in [3.05, 3.63) is 46.7 Å². The van der Waals surface area contributed by atoms with Crippen LogP contribution >= 0.6 is 11.6 Å². The third-order valence-corrected chi connectivity index (χ3v) is 6.24. The minimum Gasteiger partial charge on any atom is -0.493 e. The van der Waals surface area contributed by atoms with Gasteiger partial charge < -0.3 is 14.4 Å². The summed E-state index contributed by atoms with van der Waals surface area (Å²) in [6.45, 7) is 4.91. The van der Waals surface area contributed by atoms with Gasteiger partial charge in [-0.3, -0.25) is 14.4 Å². The lowest BCUT2D eigenvalue weighted by molar-refractivity contribution is -0.135. The molecule has 0 radical (unpaired) electrons. The van der Waals surface area contributed by atoms with E-state index in [1.807, 2.05) is 40.9 Å². The van der Waals surface area contributed by atoms with E-state index in [9.17, 15) is 4.79 Å². The molecule has 4 rings (SSSR count). The topological polar surface area (TPSA) is 59.8 Å². The normalized spacial score (nSPS) is 20.1. The Hall–Kier alpha value is -2.09. The molecule has 0 spiro atoms. The van der Waals surface area contributed by atoms with E-state index in [2.05, 4.69) is 16.1 Å². The monoisotopic (exact) mass is 446 g/mol. The molecule has 0 unspecified atom stereocenters. The first-order chi connectivity index (χ1) is 15.1. The fraction of sp³-hybridized carbons (Fsp3) is 0.565. The fourth-order valence-corrected chi connectivity index (χ4v) is 4.31. The maximum Gasteiger partial charge on any atom is 0.236 e. The first-order valence-corrected chi connectivity index (χ1v) is 11.5. The summed E-state index contributed by atoms with van der Waals surface area (Å²) in [6, 6.07) is 9.47. The molecule has 1 aromatic carbocycles. The lowest BCUT2D eigenvalue weighted by atomic mass is 10.1. The SMILES string of the molecule is Cn1nc([C@@H]2CN(CC(=O)N3CCCCC3)CCO2)cc1CCOc1ccc(Cl)cc1. The Morgan fingerprint density at radius 2 is 1.97 bits per heavy atom. The van der Waals surface area contributed by atoms with E-state index in [1.54, 1.807) is 0 Å². The standard InChI is InChI=1S/C23H31ClN4O3/c1-26-19(9-13-30-20-7-5-18(24)6-8-20)15-21(25-26)22-16-27(12-14-31-22)17-23(29)28-10-3-2-4-11-28/h5-8,15,22H,2-4,9-14,16-17H2,1H3/t22-/m0/s1. The van der Waals surface area contributed by atoms with Crippen molar-refractivity contribution >= 4 is 17.5 Å². The van der Waals surface area contributed by atoms with Gasteiger partial charge in [-0.1, -0.05) is 11.6 Å². The quantitative estimate of drug-likeness (QED) is 0.654. The van der Waals surface area contributed by atoms with Crippen LogP contribution < -0.4 is 4.74 Å². The van der Waals surface area contributed by atoms with Gasteiger partial charge in [-0.05, 0) is 49.6 Å². The number of carbonyl (C=O) groups excluding carboxylic acids is 1. The third-order valence-electron chi connectivity index (χ3n) is 5.98. The van der Waals surface area contributed by atoms with Gasteiger partial charge in [-0.2, -0.15) is 5.10 Å². The Kier molecular flexibility index (Phi) is 7.48. The van der Waals surface area contributed by atoms with E-state index in [1.165, 1.54) is 6.42 Å². The van der Waals surface area contributed by atoms with Crippen molar-refractivity contribution in [1.82, 2.24) is 19.6 Å². The highest BCUT2D eigenvalue weighted by atomic mass is 35.5. The lowest BCUT2D eigenvalue weighted by Gasteiger charge is -2.34. The van der Waals surface area contributed by atoms with Crippen molar-refractivity contribution in [2.24, 2.45) is 7.05 Å². The molecule has 8 heteroatoms. The third kappa shape index (κ3) is 5.99. The highest BCUT2D eigenvalue weighted by Crippen LogP contribution is 2.23. The molecule has 2 aromatic rings. The first-order valence-electron chi connectivity index (χ1n) is 11.1. The molecule has 0 saturated carbocycles. The smallest absolute Gasteiger partial charge is 0.236 e. The summed E-state index contributed by atoms with van der Waals surface area (Å²) in [7, 11) is 1.95. The van der Waals surface area contributed by atoms with Gasteiger partial charge >= 0.3 is 0 Å². The molecule has 1 amide bonds. The Morgan fingerprint density at radius 1 is 1.19 bits per heavy atom. The van der Waals surface area contributed by atoms with Gasteiger partial charge in [0.2, 0.25) is 5.91 Å². The molecule has 7 nitrogen and oxygen atoms in total. The largest absolute Gasteiger partial charge is 0.493 e. The molecular weight excluding hydrogens is 416 g/mol. The van der Waals surface area contributed by atoms with Gasteiger partial charge in [-0.15, -0.1) is 0 Å². The number of likely N-dealkylation sites (tertiary alicyclic amines) is 1. The van der Waals surface area contributed by atoms with Crippen LogP contribution in [0.3, 0.4) is 0 Å². The number of hydrogen-bond donors (Lipinski definition) is 0. The molecule has 0 aliphatic carbocycles. The molecule has 2 aliphatic rings. The Morgan fingerprint density at radius 3 is 2.74 bits per heavy atom. The number of morpholine rings is 1. The minimum absolute atomic E-state index is 0.111. The number of rotatable bonds is 7. The first kappa shape index (κ1) is 22.1. The van der Waals surface area contributed by atoms with Crippen molar-refractivity contribution in [2.45, 2.75) is 31.8 Å². The van der Waals surface area contributed by atoms with Gasteiger partial charge in [0, 0.05) is 50.4 Å². The number of aryl methyl sites for hydroxylation is 1. The Bertz CT molecular complexity index is 864. The number of nitrogens with zero attached hydrogens (tertiary/aromatic N) is 4. The number of aromatic nitrogens is 2. The van der Waals surface area contributed by atoms with Gasteiger partial charge in [0.1, 0.15) is 11.9 Å². The second-order valence-electron chi connectivity index (χ2n) is 8.27. The molecular formula is C23H31ClN4O3. The average molecular weight is 447 g/mol. The maximum absolute atomic E-state index is 12.6. The van der Waals surface area contributed by atoms with E-state index >= 15 is 0 Å². The molecule has 1 atom stereocenters. The molecule has 168 valence electrons. The van der Waals surface area contributed by atoms with Crippen molar-refractivity contribution < 1.29 is 14.3 Å². The van der Waals surface area contributed by atoms with Crippen LogP contribution in [0.2, 0.25) is 5.02 Å². The lowest BCUT2D eigenvalue weighted by Crippen LogP contribution is -2.46. The van der Waals surface area contributed by atoms with Gasteiger partial charge in [-0.25, -0.2) is 0 Å². The van der Waals surface area contributed by atoms with Crippen LogP contribution in [0.1, 0.15) is 36.8 Å². The number of hydrogen-bond acceptors (Lipinski definition) is 5. The Labute approximate surface area is 188 Å². The van der Waals surface area contributed by atoms with Crippen LogP contribution in [0.5, 0.6) is 5.75 Å². The van der Waals surface area contributed by atoms with Crippen molar-refractivity contribution in [3.63, 3.8) is 0 Å². The predicted octanol–water partition coefficient (Wildman–Crippen LogP) is 3.08. The number of carbonyl (C=O) groups is 1. The minimum atomic E-state index is -0.111. The summed E-state index contributed by atoms with van der Waals surface area (Å²) in [6.07, 6.45) is 4.11. The van der Waals surface area contributed by atoms with Crippen LogP contribution in [0.25, 0.3) is 0 Å². The molecule has 2 fully saturated rings. The van der Waals surface area contributed by atoms with Crippen LogP contribution in [-0.4, -0.2) is 71.4 Å². The molecule has 3 heterocycles. The van der Waals surface area contributed by atoms with Crippen LogP contribution in [-0.2, 0) is 23.0 Å². The van der Waals surface area contributed by atoms with E-state index in [-0.39, 0.29) is 12.0 Å². The summed E-state index contributed by atoms with van der Waals surface area (Å²) in [5.74, 6) is 1.04. The van der Waals surface area contributed by atoms with E-state index in [4.69, 9.17) is 21.1 Å². The fourth-order valence-electron chi connectivity index (χ4n) is 4.19. The summed E-state index contributed by atoms with van der Waals surface area (Å²) < 4.78 is 13.7. The second-order valence-corrected chi connectivity index (χ2v) is 8.71. The summed E-state index contributed by atoms with van der Waals surface area (Å²) in [4.78, 5) is 16.8. The zero-order chi connectivity index (χ0) is 21.6. The predicted molar refractivity (Wildman–Crippen MR) is 119 cm³/mol. The highest BCUT2D eigenvalue weighted by molar-refractivity contribution is 6.30. The second kappa shape index (κ2) is 10.5. The van der Waals surface area contributed by atoms with Crippen molar-refractivity contribution in [3.8, 4) is 5.75 Å². The summed E-state index contributed by atoms with van der Waals surface area (Å²) >= 11 is 5.91. The summed E-state index contributed by atoms with van der Waals surface area (Å²) in [5.41, 5.74) is 2.01. The van der Waals surface area contributed by atoms with Crippen LogP contribution in [0, 0.1) is 0 Å². The summed E-state index contributed by atoms with van der Waals surface area (Å²) in [5, 5.41) is 5.37. The van der Waals surface area contributed by atoms with Gasteiger partial charge in [0.25, 0.3) is 0 Å². The van der Waals surface area contributed by atoms with Crippen molar-refractivity contribution in [2.75, 3.05) is 45.9 Å². The molecule has 0 bridgehead atoms. The number of amides is 1. The average Bonchev–Trinajstić information content (AvgIpc) is 3.16. The van der Waals surface area contributed by atoms with Crippen LogP contribution in [0.4, 0.5) is 0 Å². The zero-order valence-electron chi connectivity index (χ0n) is 18.1. The number of benzene rings is 1. The molecule has 0 N–H and O–H groups in total. The number of ether oxygens (including phenoxy) is 2. The molecule has 2 aliphatic heterocycles. The zero-order valence-corrected chi connectivity index (χ0v) is 18.9. The maximum atomic E-state index is 12.6. The van der Waals surface area contributed by atoms with Crippen molar-refractivity contribution in [1.29, 1.82) is 0 Å². The van der Waals surface area contributed by atoms with Gasteiger partial charge in [0.05, 0.1) is 25.5 Å². The van der Waals surface area contributed by atoms with E-state index < -0.39 is 0 Å². The molecule has 1 aromatic heterocycles. The van der Waals surface area contributed by atoms with Gasteiger partial charge in [0.15, 0.2) is 0 Å². The molecule has 31 heavy (non-hydrogen) atoms. The van der Waals surface area contributed by atoms with Crippen LogP contribution in [0.15, 0.2) is 30.3 Å². The number of piperidine rings is 1. The van der Waals surface area contributed by atoms with E-state index in [0.717, 1.165) is 56.0 Å². The highest BCUT2D eigenvalue weighted by Gasteiger charge is 2.27.